The molecule has 13 nitrogen and oxygen atoms in total. The second-order valence-corrected chi connectivity index (χ2v) is 6.92. The van der Waals surface area contributed by atoms with E-state index in [4.69, 9.17) is 21.1 Å². The molecule has 0 aromatic heterocycles. The molecule has 5 atom stereocenters. The largest absolute Gasteiger partial charge is 0.478 e. The predicted octanol–water partition coefficient (Wildman–Crippen LogP) is -1.72. The number of ether oxygens (including phenoxy) is 2. The number of aliphatic carboxylic acids is 1. The van der Waals surface area contributed by atoms with E-state index in [9.17, 15) is 29.7 Å². The summed E-state index contributed by atoms with van der Waals surface area (Å²) in [5.41, 5.74) is 5.43. The Morgan fingerprint density at radius 2 is 2.00 bits per heavy atom. The lowest BCUT2D eigenvalue weighted by Crippen LogP contribution is -2.59. The summed E-state index contributed by atoms with van der Waals surface area (Å²) in [6, 6.07) is -2.83. The molecular weight excluding hydrogens is 416 g/mol. The minimum atomic E-state index is -1.76. The van der Waals surface area contributed by atoms with Crippen LogP contribution in [0.15, 0.2) is 16.8 Å². The molecule has 0 aliphatic carbocycles. The Morgan fingerprint density at radius 3 is 2.55 bits per heavy atom. The van der Waals surface area contributed by atoms with Crippen LogP contribution in [0.1, 0.15) is 39.5 Å². The molecule has 0 fully saturated rings. The van der Waals surface area contributed by atoms with Crippen LogP contribution < -0.4 is 16.9 Å². The fraction of sp³-hybridized carbons (Fsp3) is 0.667. The highest BCUT2D eigenvalue weighted by Crippen LogP contribution is 2.25. The van der Waals surface area contributed by atoms with E-state index in [-0.39, 0.29) is 6.42 Å². The van der Waals surface area contributed by atoms with E-state index in [1.54, 1.807) is 0 Å². The second-order valence-electron chi connectivity index (χ2n) is 6.92. The summed E-state index contributed by atoms with van der Waals surface area (Å²) in [7, 11) is 0. The van der Waals surface area contributed by atoms with Gasteiger partial charge in [0.1, 0.15) is 31.0 Å². The van der Waals surface area contributed by atoms with Crippen molar-refractivity contribution in [3.05, 3.63) is 11.8 Å². The van der Waals surface area contributed by atoms with Crippen molar-refractivity contribution in [3.63, 3.8) is 0 Å². The minimum absolute atomic E-state index is 0.159. The Bertz CT molecular complexity index is 698. The van der Waals surface area contributed by atoms with Gasteiger partial charge >= 0.3 is 18.0 Å². The van der Waals surface area contributed by atoms with E-state index < -0.39 is 66.6 Å². The fourth-order valence-corrected chi connectivity index (χ4v) is 2.90. The summed E-state index contributed by atoms with van der Waals surface area (Å²) in [6.45, 7) is 2.59. The van der Waals surface area contributed by atoms with Gasteiger partial charge in [-0.3, -0.25) is 9.59 Å². The number of carbonyl (C=O) groups excluding carboxylic acids is 2. The predicted molar refractivity (Wildman–Crippen MR) is 106 cm³/mol. The zero-order chi connectivity index (χ0) is 23.6. The van der Waals surface area contributed by atoms with Crippen molar-refractivity contribution in [2.24, 2.45) is 16.6 Å². The SMILES string of the molecule is CCCCCC(=O)OCC(O)C(O)[C@@H]1OC(C(=O)O)=CC(N=C(N)ON)C1NC(C)=O. The van der Waals surface area contributed by atoms with E-state index in [0.717, 1.165) is 18.9 Å². The van der Waals surface area contributed by atoms with Crippen LogP contribution in [-0.2, 0) is 28.7 Å². The van der Waals surface area contributed by atoms with Gasteiger partial charge in [0.05, 0.1) is 6.04 Å². The number of aliphatic imine (C=N–C) groups is 1. The number of hydrogen-bond acceptors (Lipinski definition) is 10. The van der Waals surface area contributed by atoms with Gasteiger partial charge in [-0.25, -0.2) is 9.79 Å². The number of amidine groups is 1. The lowest BCUT2D eigenvalue weighted by molar-refractivity contribution is -0.156. The van der Waals surface area contributed by atoms with E-state index in [0.29, 0.717) is 6.42 Å². The number of carbonyl (C=O) groups is 3. The number of carboxylic acid groups (broad SMARTS) is 1. The molecule has 0 saturated carbocycles. The van der Waals surface area contributed by atoms with Gasteiger partial charge in [-0.1, -0.05) is 19.8 Å². The molecule has 31 heavy (non-hydrogen) atoms. The molecule has 0 bridgehead atoms. The van der Waals surface area contributed by atoms with Gasteiger partial charge in [-0.15, -0.1) is 0 Å². The first-order valence-corrected chi connectivity index (χ1v) is 9.71. The zero-order valence-electron chi connectivity index (χ0n) is 17.4. The van der Waals surface area contributed by atoms with Crippen molar-refractivity contribution in [1.29, 1.82) is 0 Å². The monoisotopic (exact) mass is 446 g/mol. The quantitative estimate of drug-likeness (QED) is 0.0689. The molecule has 0 spiro atoms. The molecule has 0 aromatic rings. The van der Waals surface area contributed by atoms with Gasteiger partial charge in [0.15, 0.2) is 0 Å². The highest BCUT2D eigenvalue weighted by Gasteiger charge is 2.44. The number of hydrogen-bond donors (Lipinski definition) is 6. The number of nitrogens with one attached hydrogen (secondary N) is 1. The number of aliphatic hydroxyl groups excluding tert-OH is 2. The molecular formula is C18H30N4O9. The fourth-order valence-electron chi connectivity index (χ4n) is 2.90. The first-order valence-electron chi connectivity index (χ1n) is 9.71. The molecule has 1 aliphatic rings. The molecule has 0 saturated heterocycles. The highest BCUT2D eigenvalue weighted by molar-refractivity contribution is 5.85. The summed E-state index contributed by atoms with van der Waals surface area (Å²) in [5.74, 6) is 1.74. The van der Waals surface area contributed by atoms with Crippen molar-refractivity contribution < 1.29 is 44.0 Å². The van der Waals surface area contributed by atoms with Crippen molar-refractivity contribution in [2.45, 2.75) is 69.9 Å². The standard InChI is InChI=1S/C18H30N4O9/c1-3-4-5-6-13(25)29-8-11(24)15(26)16-14(21-9(2)23)10(22-18(19)31-20)7-12(30-16)17(27)28/h7,10-11,14-16,24,26H,3-6,8,20H2,1-2H3,(H2,19,22)(H,21,23)(H,27,28)/t10?,11?,14?,15?,16-/m1/s1. The zero-order valence-corrected chi connectivity index (χ0v) is 17.4. The van der Waals surface area contributed by atoms with Crippen LogP contribution in [-0.4, -0.2) is 76.2 Å². The summed E-state index contributed by atoms with van der Waals surface area (Å²) in [4.78, 5) is 43.0. The van der Waals surface area contributed by atoms with E-state index >= 15 is 0 Å². The minimum Gasteiger partial charge on any atom is -0.478 e. The number of nitrogens with two attached hydrogens (primary N) is 2. The molecule has 1 rings (SSSR count). The Labute approximate surface area is 179 Å². The Morgan fingerprint density at radius 1 is 1.32 bits per heavy atom. The lowest BCUT2D eigenvalue weighted by atomic mass is 9.92. The Balaban J connectivity index is 3.02. The maximum Gasteiger partial charge on any atom is 0.370 e. The summed E-state index contributed by atoms with van der Waals surface area (Å²) in [5, 5.41) is 32.6. The molecule has 0 aromatic carbocycles. The molecule has 8 N–H and O–H groups in total. The first kappa shape index (κ1) is 26.1. The van der Waals surface area contributed by atoms with Crippen LogP contribution in [0.5, 0.6) is 0 Å². The number of nitrogens with zero attached hydrogens (tertiary/aromatic N) is 1. The van der Waals surface area contributed by atoms with Gasteiger partial charge in [-0.05, 0) is 12.5 Å². The molecule has 1 heterocycles. The smallest absolute Gasteiger partial charge is 0.370 e. The molecule has 13 heteroatoms. The average molecular weight is 446 g/mol. The molecule has 1 amide bonds. The molecule has 176 valence electrons. The van der Waals surface area contributed by atoms with Crippen LogP contribution in [0.3, 0.4) is 0 Å². The van der Waals surface area contributed by atoms with Gasteiger partial charge in [-0.2, -0.15) is 5.90 Å². The Hall–Kier alpha value is -2.90. The maximum atomic E-state index is 11.7. The van der Waals surface area contributed by atoms with Crippen LogP contribution in [0.2, 0.25) is 0 Å². The molecule has 1 aliphatic heterocycles. The maximum absolute atomic E-state index is 11.7. The van der Waals surface area contributed by atoms with Crippen molar-refractivity contribution >= 4 is 23.9 Å². The van der Waals surface area contributed by atoms with Crippen molar-refractivity contribution in [3.8, 4) is 0 Å². The summed E-state index contributed by atoms with van der Waals surface area (Å²) >= 11 is 0. The van der Waals surface area contributed by atoms with Gasteiger partial charge in [0, 0.05) is 13.3 Å². The van der Waals surface area contributed by atoms with E-state index in [1.165, 1.54) is 6.92 Å². The van der Waals surface area contributed by atoms with Crippen LogP contribution >= 0.6 is 0 Å². The second kappa shape index (κ2) is 12.7. The summed E-state index contributed by atoms with van der Waals surface area (Å²) in [6.07, 6.45) is -1.30. The molecule has 4 unspecified atom stereocenters. The number of rotatable bonds is 11. The molecule has 0 radical (unpaired) electrons. The topological polar surface area (TPSA) is 216 Å². The van der Waals surface area contributed by atoms with Gasteiger partial charge in [0.25, 0.3) is 0 Å². The van der Waals surface area contributed by atoms with Gasteiger partial charge in [0.2, 0.25) is 11.7 Å². The third-order valence-electron chi connectivity index (χ3n) is 4.42. The third kappa shape index (κ3) is 8.39. The normalized spacial score (nSPS) is 23.1. The number of unbranched alkanes of at least 4 members (excludes halogenated alkanes) is 2. The number of carboxylic acids is 1. The van der Waals surface area contributed by atoms with E-state index in [1.807, 2.05) is 6.92 Å². The first-order chi connectivity index (χ1) is 14.6. The highest BCUT2D eigenvalue weighted by atomic mass is 16.6. The van der Waals surface area contributed by atoms with Crippen LogP contribution in [0.4, 0.5) is 0 Å². The average Bonchev–Trinajstić information content (AvgIpc) is 2.72. The van der Waals surface area contributed by atoms with Crippen LogP contribution in [0.25, 0.3) is 0 Å². The number of aliphatic hydroxyl groups is 2. The lowest BCUT2D eigenvalue weighted by Gasteiger charge is -2.38. The van der Waals surface area contributed by atoms with Crippen molar-refractivity contribution in [1.82, 2.24) is 5.32 Å². The van der Waals surface area contributed by atoms with Crippen molar-refractivity contribution in [2.75, 3.05) is 6.61 Å². The Kier molecular flexibility index (Phi) is 10.7. The third-order valence-corrected chi connectivity index (χ3v) is 4.42. The van der Waals surface area contributed by atoms with Gasteiger partial charge < -0.3 is 40.7 Å². The van der Waals surface area contributed by atoms with E-state index in [2.05, 4.69) is 15.1 Å². The number of esters is 1. The van der Waals surface area contributed by atoms with Crippen LogP contribution in [0, 0.1) is 0 Å². The summed E-state index contributed by atoms with van der Waals surface area (Å²) < 4.78 is 10.2. The number of amides is 1.